The minimum Gasteiger partial charge on any atom is -0.403 e. The van der Waals surface area contributed by atoms with Crippen molar-refractivity contribution in [3.05, 3.63) is 12.2 Å². The molecule has 0 amide bonds. The molecule has 1 atom stereocenters. The summed E-state index contributed by atoms with van der Waals surface area (Å²) in [6.07, 6.45) is 3.94. The first-order valence-electron chi connectivity index (χ1n) is 7.22. The van der Waals surface area contributed by atoms with Gasteiger partial charge in [-0.15, -0.1) is 0 Å². The number of hydrogen-bond donors (Lipinski definition) is 5. The summed E-state index contributed by atoms with van der Waals surface area (Å²) < 4.78 is 14.3. The Morgan fingerprint density at radius 3 is 1.88 bits per heavy atom. The van der Waals surface area contributed by atoms with Crippen molar-refractivity contribution in [3.63, 3.8) is 0 Å². The van der Waals surface area contributed by atoms with E-state index in [0.717, 1.165) is 25.7 Å². The first-order valence-corrected chi connectivity index (χ1v) is 14.0. The van der Waals surface area contributed by atoms with E-state index in [0.29, 0.717) is 11.5 Å². The number of rotatable bonds is 9. The Bertz CT molecular complexity index is 493. The maximum absolute atomic E-state index is 11.7. The van der Waals surface area contributed by atoms with Gasteiger partial charge < -0.3 is 28.7 Å². The predicted octanol–water partition coefficient (Wildman–Crippen LogP) is 2.71. The summed E-state index contributed by atoms with van der Waals surface area (Å²) in [4.78, 5) is 53.1. The van der Waals surface area contributed by atoms with Crippen molar-refractivity contribution in [2.75, 3.05) is 11.5 Å². The molecule has 0 fully saturated rings. The van der Waals surface area contributed by atoms with Crippen LogP contribution < -0.4 is 0 Å². The fraction of sp³-hybridized carbons (Fsp3) is 0.750. The topological polar surface area (TPSA) is 145 Å². The van der Waals surface area contributed by atoms with E-state index >= 15 is 0 Å². The van der Waals surface area contributed by atoms with Crippen molar-refractivity contribution in [1.29, 1.82) is 0 Å². The van der Waals surface area contributed by atoms with Gasteiger partial charge in [0.15, 0.2) is 0 Å². The molecule has 0 aromatic heterocycles. The zero-order valence-corrected chi connectivity index (χ0v) is 17.5. The summed E-state index contributed by atoms with van der Waals surface area (Å²) in [5, 5.41) is 0. The molecule has 1 unspecified atom stereocenters. The molecule has 0 aliphatic heterocycles. The lowest BCUT2D eigenvalue weighted by Gasteiger charge is -2.40. The van der Waals surface area contributed by atoms with Gasteiger partial charge in [-0.25, -0.2) is 9.36 Å². The van der Waals surface area contributed by atoms with Crippen LogP contribution in [-0.2, 0) is 25.3 Å². The number of carbonyl (C=O) groups is 1. The fourth-order valence-corrected chi connectivity index (χ4v) is 8.28. The smallest absolute Gasteiger partial charge is 0.403 e. The molecule has 24 heavy (non-hydrogen) atoms. The molecular weight excluding hydrogens is 398 g/mol. The minimum absolute atomic E-state index is 0.252. The standard InChI is InChI=1S/C12H25O4PS2.H3O4P/c1-5-7-8-9-10-19(6-2,17(14,15)18)16-12(13)11(3)4;1-5(2,3)4/h3,5-10H2,1-2,4H3,(H2,14,15,18);(H3,1,2,3,4). The Morgan fingerprint density at radius 1 is 1.12 bits per heavy atom. The largest absolute Gasteiger partial charge is 0.466 e. The summed E-state index contributed by atoms with van der Waals surface area (Å²) in [7, 11) is -6.99. The van der Waals surface area contributed by atoms with E-state index < -0.39 is 29.4 Å². The van der Waals surface area contributed by atoms with Gasteiger partial charge in [0.25, 0.3) is 5.69 Å². The molecule has 0 saturated heterocycles. The molecule has 0 aliphatic rings. The highest BCUT2D eigenvalue weighted by atomic mass is 33.0. The molecule has 5 N–H and O–H groups in total. The van der Waals surface area contributed by atoms with Gasteiger partial charge >= 0.3 is 13.8 Å². The Labute approximate surface area is 149 Å². The summed E-state index contributed by atoms with van der Waals surface area (Å²) in [6.45, 7) is 8.95. The first-order chi connectivity index (χ1) is 10.7. The van der Waals surface area contributed by atoms with Gasteiger partial charge in [0.05, 0.1) is 0 Å². The molecule has 146 valence electrons. The van der Waals surface area contributed by atoms with Gasteiger partial charge in [-0.3, -0.25) is 0 Å². The number of phosphoric acid groups is 1. The lowest BCUT2D eigenvalue weighted by molar-refractivity contribution is -0.129. The fourth-order valence-electron chi connectivity index (χ4n) is 1.55. The molecule has 12 heteroatoms. The Morgan fingerprint density at radius 2 is 1.58 bits per heavy atom. The van der Waals surface area contributed by atoms with Crippen LogP contribution >= 0.6 is 23.4 Å². The summed E-state index contributed by atoms with van der Waals surface area (Å²) in [5.41, 5.74) is -3.36. The van der Waals surface area contributed by atoms with E-state index in [9.17, 15) is 14.6 Å². The molecule has 0 bridgehead atoms. The summed E-state index contributed by atoms with van der Waals surface area (Å²) in [6, 6.07) is 0. The first kappa shape index (κ1) is 26.5. The second-order valence-corrected chi connectivity index (χ2v) is 15.4. The van der Waals surface area contributed by atoms with Crippen molar-refractivity contribution in [2.45, 2.75) is 46.5 Å². The van der Waals surface area contributed by atoms with Crippen LogP contribution in [0.2, 0.25) is 0 Å². The van der Waals surface area contributed by atoms with Gasteiger partial charge in [0, 0.05) is 17.1 Å². The van der Waals surface area contributed by atoms with Crippen molar-refractivity contribution < 1.29 is 38.0 Å². The molecule has 0 spiro atoms. The van der Waals surface area contributed by atoms with Crippen LogP contribution in [-0.4, -0.2) is 41.9 Å². The second-order valence-electron chi connectivity index (χ2n) is 4.98. The van der Waals surface area contributed by atoms with Gasteiger partial charge in [0.1, 0.15) is 0 Å². The van der Waals surface area contributed by atoms with E-state index in [-0.39, 0.29) is 5.57 Å². The highest BCUT2D eigenvalue weighted by Crippen LogP contribution is 2.78. The van der Waals surface area contributed by atoms with Crippen LogP contribution in [0.5, 0.6) is 0 Å². The molecule has 0 heterocycles. The van der Waals surface area contributed by atoms with Gasteiger partial charge in [-0.1, -0.05) is 39.7 Å². The van der Waals surface area contributed by atoms with Gasteiger partial charge in [0.2, 0.25) is 0 Å². The predicted molar refractivity (Wildman–Crippen MR) is 101 cm³/mol. The third-order valence-electron chi connectivity index (χ3n) is 2.78. The normalized spacial score (nSPS) is 15.5. The molecule has 8 nitrogen and oxygen atoms in total. The second kappa shape index (κ2) is 11.8. The minimum atomic E-state index is -4.64. The zero-order chi connectivity index (χ0) is 19.6. The van der Waals surface area contributed by atoms with Crippen molar-refractivity contribution in [3.8, 4) is 0 Å². The zero-order valence-electron chi connectivity index (χ0n) is 14.1. The van der Waals surface area contributed by atoms with E-state index in [1.807, 2.05) is 0 Å². The average molecular weight is 426 g/mol. The number of unbranched alkanes of at least 4 members (excludes halogenated alkanes) is 3. The maximum Gasteiger partial charge on any atom is 0.466 e. The highest BCUT2D eigenvalue weighted by Gasteiger charge is 2.39. The Hall–Kier alpha value is 0.240. The van der Waals surface area contributed by atoms with Crippen molar-refractivity contribution in [2.24, 2.45) is 0 Å². The Kier molecular flexibility index (Phi) is 13.0. The summed E-state index contributed by atoms with van der Waals surface area (Å²) >= 11 is 4.85. The van der Waals surface area contributed by atoms with Crippen LogP contribution in [0.15, 0.2) is 12.2 Å². The maximum atomic E-state index is 11.7. The van der Waals surface area contributed by atoms with Crippen LogP contribution in [0, 0.1) is 0 Å². The summed E-state index contributed by atoms with van der Waals surface area (Å²) in [5.74, 6) is 0.263. The monoisotopic (exact) mass is 426 g/mol. The number of carbonyl (C=O) groups excluding carboxylic acids is 1. The Balaban J connectivity index is 0. The van der Waals surface area contributed by atoms with E-state index in [1.54, 1.807) is 6.92 Å². The van der Waals surface area contributed by atoms with Crippen molar-refractivity contribution >= 4 is 41.2 Å². The molecule has 0 aromatic carbocycles. The molecule has 0 saturated carbocycles. The average Bonchev–Trinajstić information content (AvgIpc) is 2.38. The highest BCUT2D eigenvalue weighted by molar-refractivity contribution is 8.83. The molecule has 0 aliphatic carbocycles. The van der Waals surface area contributed by atoms with Crippen LogP contribution in [0.25, 0.3) is 0 Å². The quantitative estimate of drug-likeness (QED) is 0.213. The van der Waals surface area contributed by atoms with E-state index in [4.69, 9.17) is 35.2 Å². The number of hydrogen-bond acceptors (Lipinski definition) is 4. The van der Waals surface area contributed by atoms with Crippen LogP contribution in [0.4, 0.5) is 0 Å². The van der Waals surface area contributed by atoms with Gasteiger partial charge in [-0.05, 0) is 35.1 Å². The van der Waals surface area contributed by atoms with Crippen LogP contribution in [0.1, 0.15) is 46.5 Å². The third-order valence-corrected chi connectivity index (χ3v) is 12.5. The van der Waals surface area contributed by atoms with E-state index in [2.05, 4.69) is 13.5 Å². The molecular formula is C12H28O8P2S2. The van der Waals surface area contributed by atoms with Crippen molar-refractivity contribution in [1.82, 2.24) is 0 Å². The SMILES string of the molecule is C=C(C)C(=O)OS(CC)(CCCCCC)P(O)(O)=S.O=P(O)(O)O. The molecule has 0 aromatic rings. The lowest BCUT2D eigenvalue weighted by atomic mass is 10.2. The lowest BCUT2D eigenvalue weighted by Crippen LogP contribution is -2.17. The molecule has 0 radical (unpaired) electrons. The van der Waals surface area contributed by atoms with E-state index in [1.165, 1.54) is 6.92 Å². The van der Waals surface area contributed by atoms with Crippen LogP contribution in [0.3, 0.4) is 0 Å². The third kappa shape index (κ3) is 12.6. The molecule has 0 rings (SSSR count). The van der Waals surface area contributed by atoms with Gasteiger partial charge in [-0.2, -0.15) is 0 Å².